The first-order valence-electron chi connectivity index (χ1n) is 7.20. The molecule has 22 heavy (non-hydrogen) atoms. The number of imidazole rings is 1. The predicted octanol–water partition coefficient (Wildman–Crippen LogP) is 3.30. The van der Waals surface area contributed by atoms with Crippen LogP contribution in [0.15, 0.2) is 29.6 Å². The van der Waals surface area contributed by atoms with Crippen molar-refractivity contribution in [2.24, 2.45) is 0 Å². The molecule has 0 bridgehead atoms. The number of rotatable bonds is 5. The number of thiazole rings is 1. The molecule has 5 nitrogen and oxygen atoms in total. The number of hydrogen-bond acceptors (Lipinski definition) is 5. The Labute approximate surface area is 133 Å². The highest BCUT2D eigenvalue weighted by Gasteiger charge is 2.16. The minimum absolute atomic E-state index is 0.00508. The predicted molar refractivity (Wildman–Crippen MR) is 87.0 cm³/mol. The summed E-state index contributed by atoms with van der Waals surface area (Å²) in [6.07, 6.45) is -0.627. The third-order valence-electron chi connectivity index (χ3n) is 3.65. The second-order valence-electron chi connectivity index (χ2n) is 5.28. The van der Waals surface area contributed by atoms with E-state index in [1.807, 2.05) is 41.1 Å². The Balaban J connectivity index is 1.99. The van der Waals surface area contributed by atoms with Crippen LogP contribution in [0.4, 0.5) is 0 Å². The largest absolute Gasteiger partial charge is 0.385 e. The molecule has 0 fully saturated rings. The lowest BCUT2D eigenvalue weighted by atomic mass is 10.3. The summed E-state index contributed by atoms with van der Waals surface area (Å²) in [6, 6.07) is 7.90. The van der Waals surface area contributed by atoms with Crippen molar-refractivity contribution in [3.63, 3.8) is 0 Å². The van der Waals surface area contributed by atoms with E-state index in [0.29, 0.717) is 12.4 Å². The van der Waals surface area contributed by atoms with Crippen LogP contribution < -0.4 is 0 Å². The number of para-hydroxylation sites is 2. The number of aliphatic hydroxyl groups excluding tert-OH is 1. The second-order valence-corrected chi connectivity index (χ2v) is 6.17. The SMILES string of the molecule is CO[C@@H](C)c1nc(Cn2c([C@@H](C)O)nc3ccccc32)cs1. The van der Waals surface area contributed by atoms with Crippen molar-refractivity contribution in [3.8, 4) is 0 Å². The van der Waals surface area contributed by atoms with E-state index in [1.165, 1.54) is 0 Å². The molecule has 116 valence electrons. The molecule has 0 unspecified atom stereocenters. The molecular formula is C16H19N3O2S. The van der Waals surface area contributed by atoms with Crippen molar-refractivity contribution in [1.29, 1.82) is 0 Å². The van der Waals surface area contributed by atoms with Gasteiger partial charge in [-0.1, -0.05) is 12.1 Å². The maximum Gasteiger partial charge on any atom is 0.138 e. The molecule has 1 aromatic carbocycles. The van der Waals surface area contributed by atoms with Crippen LogP contribution in [0, 0.1) is 0 Å². The number of fused-ring (bicyclic) bond motifs is 1. The van der Waals surface area contributed by atoms with Crippen molar-refractivity contribution < 1.29 is 9.84 Å². The molecule has 0 aliphatic rings. The number of ether oxygens (including phenoxy) is 1. The van der Waals surface area contributed by atoms with E-state index in [4.69, 9.17) is 4.74 Å². The highest BCUT2D eigenvalue weighted by atomic mass is 32.1. The van der Waals surface area contributed by atoms with E-state index in [-0.39, 0.29) is 6.10 Å². The van der Waals surface area contributed by atoms with Gasteiger partial charge < -0.3 is 14.4 Å². The molecule has 6 heteroatoms. The van der Waals surface area contributed by atoms with Gasteiger partial charge in [0.2, 0.25) is 0 Å². The van der Waals surface area contributed by atoms with Crippen LogP contribution in [0.1, 0.15) is 42.6 Å². The molecule has 3 aromatic rings. The van der Waals surface area contributed by atoms with E-state index in [9.17, 15) is 5.11 Å². The summed E-state index contributed by atoms with van der Waals surface area (Å²) in [5.41, 5.74) is 2.85. The summed E-state index contributed by atoms with van der Waals surface area (Å²) in [6.45, 7) is 4.31. The van der Waals surface area contributed by atoms with Crippen LogP contribution in [0.5, 0.6) is 0 Å². The zero-order valence-electron chi connectivity index (χ0n) is 12.9. The molecule has 0 amide bonds. The van der Waals surface area contributed by atoms with Crippen molar-refractivity contribution in [1.82, 2.24) is 14.5 Å². The standard InChI is InChI=1S/C16H19N3O2S/c1-10(20)15-18-13-6-4-5-7-14(13)19(15)8-12-9-22-16(17-12)11(2)21-3/h4-7,9-11,20H,8H2,1-3H3/t10-,11+/m1/s1. The molecular weight excluding hydrogens is 298 g/mol. The third-order valence-corrected chi connectivity index (χ3v) is 4.70. The van der Waals surface area contributed by atoms with Crippen LogP contribution in [0.25, 0.3) is 11.0 Å². The van der Waals surface area contributed by atoms with E-state index >= 15 is 0 Å². The maximum atomic E-state index is 9.99. The summed E-state index contributed by atoms with van der Waals surface area (Å²) >= 11 is 1.59. The molecule has 0 saturated carbocycles. The Morgan fingerprint density at radius 2 is 2.05 bits per heavy atom. The lowest BCUT2D eigenvalue weighted by molar-refractivity contribution is 0.119. The first-order valence-corrected chi connectivity index (χ1v) is 8.08. The second kappa shape index (κ2) is 6.16. The third kappa shape index (κ3) is 2.77. The van der Waals surface area contributed by atoms with Crippen LogP contribution >= 0.6 is 11.3 Å². The van der Waals surface area contributed by atoms with E-state index in [0.717, 1.165) is 21.7 Å². The molecule has 2 aromatic heterocycles. The average molecular weight is 317 g/mol. The van der Waals surface area contributed by atoms with E-state index in [2.05, 4.69) is 9.97 Å². The van der Waals surface area contributed by atoms with Gasteiger partial charge in [-0.05, 0) is 26.0 Å². The van der Waals surface area contributed by atoms with Gasteiger partial charge in [-0.2, -0.15) is 0 Å². The van der Waals surface area contributed by atoms with E-state index in [1.54, 1.807) is 25.4 Å². The van der Waals surface area contributed by atoms with Crippen LogP contribution in [0.3, 0.4) is 0 Å². The fraction of sp³-hybridized carbons (Fsp3) is 0.375. The van der Waals surface area contributed by atoms with Gasteiger partial charge in [-0.25, -0.2) is 9.97 Å². The summed E-state index contributed by atoms with van der Waals surface area (Å²) < 4.78 is 7.33. The minimum atomic E-state index is -0.622. The first kappa shape index (κ1) is 15.1. The monoisotopic (exact) mass is 317 g/mol. The lowest BCUT2D eigenvalue weighted by Gasteiger charge is -2.09. The smallest absolute Gasteiger partial charge is 0.138 e. The fourth-order valence-corrected chi connectivity index (χ4v) is 3.27. The molecule has 0 aliphatic carbocycles. The number of methoxy groups -OCH3 is 1. The Hall–Kier alpha value is -1.76. The zero-order valence-corrected chi connectivity index (χ0v) is 13.7. The molecule has 0 aliphatic heterocycles. The maximum absolute atomic E-state index is 9.99. The summed E-state index contributed by atoms with van der Waals surface area (Å²) in [5.74, 6) is 0.663. The Morgan fingerprint density at radius 3 is 2.77 bits per heavy atom. The molecule has 0 radical (unpaired) electrons. The summed E-state index contributed by atoms with van der Waals surface area (Å²) in [7, 11) is 1.68. The van der Waals surface area contributed by atoms with Crippen molar-refractivity contribution in [3.05, 3.63) is 46.2 Å². The van der Waals surface area contributed by atoms with Gasteiger partial charge >= 0.3 is 0 Å². The molecule has 2 atom stereocenters. The fourth-order valence-electron chi connectivity index (χ4n) is 2.42. The van der Waals surface area contributed by atoms with Crippen molar-refractivity contribution in [2.45, 2.75) is 32.6 Å². The number of nitrogens with zero attached hydrogens (tertiary/aromatic N) is 3. The quantitative estimate of drug-likeness (QED) is 0.784. The van der Waals surface area contributed by atoms with Crippen LogP contribution in [-0.4, -0.2) is 26.8 Å². The van der Waals surface area contributed by atoms with E-state index < -0.39 is 6.10 Å². The molecule has 3 rings (SSSR count). The van der Waals surface area contributed by atoms with Crippen LogP contribution in [-0.2, 0) is 11.3 Å². The first-order chi connectivity index (χ1) is 10.6. The van der Waals surface area contributed by atoms with Gasteiger partial charge in [0.1, 0.15) is 23.0 Å². The van der Waals surface area contributed by atoms with Crippen molar-refractivity contribution >= 4 is 22.4 Å². The lowest BCUT2D eigenvalue weighted by Crippen LogP contribution is -2.08. The van der Waals surface area contributed by atoms with Gasteiger partial charge in [0.15, 0.2) is 0 Å². The number of hydrogen-bond donors (Lipinski definition) is 1. The van der Waals surface area contributed by atoms with Gasteiger partial charge in [0.25, 0.3) is 0 Å². The Kier molecular flexibility index (Phi) is 4.24. The summed E-state index contributed by atoms with van der Waals surface area (Å²) in [5, 5.41) is 13.0. The number of aromatic nitrogens is 3. The van der Waals surface area contributed by atoms with Crippen molar-refractivity contribution in [2.75, 3.05) is 7.11 Å². The number of aliphatic hydroxyl groups is 1. The minimum Gasteiger partial charge on any atom is -0.385 e. The Bertz CT molecular complexity index is 779. The normalized spacial score (nSPS) is 14.4. The Morgan fingerprint density at radius 1 is 1.27 bits per heavy atom. The zero-order chi connectivity index (χ0) is 15.7. The molecule has 0 saturated heterocycles. The molecule has 0 spiro atoms. The van der Waals surface area contributed by atoms with Crippen LogP contribution in [0.2, 0.25) is 0 Å². The number of benzene rings is 1. The van der Waals surface area contributed by atoms with Gasteiger partial charge in [-0.3, -0.25) is 0 Å². The summed E-state index contributed by atoms with van der Waals surface area (Å²) in [4.78, 5) is 9.16. The topological polar surface area (TPSA) is 60.2 Å². The van der Waals surface area contributed by atoms with Gasteiger partial charge in [-0.15, -0.1) is 11.3 Å². The van der Waals surface area contributed by atoms with Gasteiger partial charge in [0.05, 0.1) is 23.3 Å². The average Bonchev–Trinajstić information content (AvgIpc) is 3.12. The molecule has 2 heterocycles. The molecule has 1 N–H and O–H groups in total. The van der Waals surface area contributed by atoms with Gasteiger partial charge in [0, 0.05) is 12.5 Å². The highest BCUT2D eigenvalue weighted by Crippen LogP contribution is 2.24. The highest BCUT2D eigenvalue weighted by molar-refractivity contribution is 7.09.